The molecule has 2 rings (SSSR count). The first-order chi connectivity index (χ1) is 9.83. The van der Waals surface area contributed by atoms with Crippen LogP contribution in [-0.2, 0) is 15.1 Å². The molecule has 1 fully saturated rings. The number of ether oxygens (including phenoxy) is 1. The second-order valence-corrected chi connectivity index (χ2v) is 7.22. The lowest BCUT2D eigenvalue weighted by Crippen LogP contribution is -2.63. The number of rotatable bonds is 1. The quantitative estimate of drug-likeness (QED) is 0.483. The molecule has 1 aromatic carbocycles. The lowest BCUT2D eigenvalue weighted by Gasteiger charge is -2.46. The predicted octanol–water partition coefficient (Wildman–Crippen LogP) is 1.34. The Balaban J connectivity index is 0.000000422. The van der Waals surface area contributed by atoms with E-state index in [1.165, 1.54) is 0 Å². The van der Waals surface area contributed by atoms with E-state index in [1.807, 2.05) is 32.9 Å². The first-order valence-electron chi connectivity index (χ1n) is 6.52. The normalized spacial score (nSPS) is 27.7. The van der Waals surface area contributed by atoms with Crippen LogP contribution in [0.1, 0.15) is 26.3 Å². The van der Waals surface area contributed by atoms with Crippen LogP contribution < -0.4 is 5.32 Å². The summed E-state index contributed by atoms with van der Waals surface area (Å²) in [5.41, 5.74) is 0.546. The first kappa shape index (κ1) is 19.5. The van der Waals surface area contributed by atoms with E-state index in [0.717, 1.165) is 0 Å². The molecule has 0 aliphatic carbocycles. The maximum atomic E-state index is 10.6. The van der Waals surface area contributed by atoms with Gasteiger partial charge in [0.15, 0.2) is 0 Å². The van der Waals surface area contributed by atoms with Gasteiger partial charge < -0.3 is 29.8 Å². The molecule has 0 saturated carbocycles. The number of halogens is 1. The van der Waals surface area contributed by atoms with Crippen molar-refractivity contribution in [1.29, 1.82) is 0 Å². The summed E-state index contributed by atoms with van der Waals surface area (Å²) in [4.78, 5) is 21.6. The van der Waals surface area contributed by atoms with E-state index in [1.54, 1.807) is 12.1 Å². The molecule has 2 atom stereocenters. The second kappa shape index (κ2) is 6.95. The minimum Gasteiger partial charge on any atom is -0.361 e. The average molecular weight is 354 g/mol. The van der Waals surface area contributed by atoms with Crippen molar-refractivity contribution in [3.8, 4) is 0 Å². The van der Waals surface area contributed by atoms with Gasteiger partial charge >= 0.3 is 7.82 Å². The summed E-state index contributed by atoms with van der Waals surface area (Å²) in [5.74, 6) is -1.32. The number of hydrogen-bond acceptors (Lipinski definition) is 4. The Morgan fingerprint density at radius 2 is 1.91 bits per heavy atom. The van der Waals surface area contributed by atoms with Gasteiger partial charge in [0, 0.05) is 16.1 Å². The van der Waals surface area contributed by atoms with Crippen molar-refractivity contribution in [3.63, 3.8) is 0 Å². The van der Waals surface area contributed by atoms with Gasteiger partial charge in [-0.15, -0.1) is 0 Å². The molecule has 1 aliphatic heterocycles. The van der Waals surface area contributed by atoms with Crippen LogP contribution in [0.15, 0.2) is 24.3 Å². The monoisotopic (exact) mass is 353 g/mol. The van der Waals surface area contributed by atoms with Crippen molar-refractivity contribution >= 4 is 19.4 Å². The van der Waals surface area contributed by atoms with Gasteiger partial charge in [0.05, 0.1) is 12.6 Å². The third-order valence-corrected chi connectivity index (χ3v) is 3.32. The van der Waals surface area contributed by atoms with Crippen molar-refractivity contribution in [2.24, 2.45) is 0 Å². The van der Waals surface area contributed by atoms with Crippen molar-refractivity contribution in [2.75, 3.05) is 6.61 Å². The number of aliphatic hydroxyl groups is 1. The SMILES string of the molecule is C[C@@H]1NC(C)(C)CO[C@@]1(O)c1cccc(Cl)c1.O=P(O)(O)O. The molecule has 1 aliphatic rings. The molecule has 0 spiro atoms. The van der Waals surface area contributed by atoms with Gasteiger partial charge in [-0.1, -0.05) is 23.7 Å². The van der Waals surface area contributed by atoms with E-state index in [-0.39, 0.29) is 11.6 Å². The molecule has 1 aromatic rings. The summed E-state index contributed by atoms with van der Waals surface area (Å²) in [6.45, 7) is 6.43. The fourth-order valence-electron chi connectivity index (χ4n) is 2.19. The van der Waals surface area contributed by atoms with E-state index >= 15 is 0 Å². The Kier molecular flexibility index (Phi) is 6.17. The highest BCUT2D eigenvalue weighted by molar-refractivity contribution is 7.45. The third-order valence-electron chi connectivity index (χ3n) is 3.09. The van der Waals surface area contributed by atoms with Crippen LogP contribution in [0.2, 0.25) is 5.02 Å². The summed E-state index contributed by atoms with van der Waals surface area (Å²) in [7, 11) is -4.64. The molecule has 0 radical (unpaired) electrons. The fourth-order valence-corrected chi connectivity index (χ4v) is 2.38. The van der Waals surface area contributed by atoms with E-state index in [2.05, 4.69) is 5.32 Å². The second-order valence-electron chi connectivity index (χ2n) is 5.76. The van der Waals surface area contributed by atoms with Crippen molar-refractivity contribution in [2.45, 2.75) is 38.1 Å². The molecule has 126 valence electrons. The number of nitrogens with one attached hydrogen (secondary N) is 1. The topological polar surface area (TPSA) is 119 Å². The molecule has 0 amide bonds. The lowest BCUT2D eigenvalue weighted by atomic mass is 9.93. The zero-order chi connectivity index (χ0) is 17.2. The van der Waals surface area contributed by atoms with Crippen LogP contribution in [0.4, 0.5) is 0 Å². The zero-order valence-electron chi connectivity index (χ0n) is 12.5. The van der Waals surface area contributed by atoms with Crippen molar-refractivity contribution < 1.29 is 29.1 Å². The maximum absolute atomic E-state index is 10.6. The minimum atomic E-state index is -4.64. The Bertz CT molecular complexity index is 555. The third kappa shape index (κ3) is 5.95. The smallest absolute Gasteiger partial charge is 0.361 e. The van der Waals surface area contributed by atoms with E-state index in [4.69, 9.17) is 35.6 Å². The minimum absolute atomic E-state index is 0.135. The van der Waals surface area contributed by atoms with Gasteiger partial charge in [0.25, 0.3) is 0 Å². The standard InChI is InChI=1S/C13H18ClNO2.H3O4P/c1-9-13(16,17-8-12(2,3)15-9)10-5-4-6-11(14)7-10;1-5(2,3)4/h4-7,9,15-16H,8H2,1-3H3;(H3,1,2,3,4)/t9-,13+;/m0./s1. The summed E-state index contributed by atoms with van der Waals surface area (Å²) in [5, 5.41) is 14.6. The summed E-state index contributed by atoms with van der Waals surface area (Å²) >= 11 is 5.94. The highest BCUT2D eigenvalue weighted by atomic mass is 35.5. The molecule has 0 aromatic heterocycles. The van der Waals surface area contributed by atoms with Gasteiger partial charge in [-0.3, -0.25) is 0 Å². The van der Waals surface area contributed by atoms with E-state index < -0.39 is 13.6 Å². The summed E-state index contributed by atoms with van der Waals surface area (Å²) < 4.78 is 14.6. The molecule has 1 heterocycles. The predicted molar refractivity (Wildman–Crippen MR) is 82.2 cm³/mol. The van der Waals surface area contributed by atoms with Gasteiger partial charge in [-0.25, -0.2) is 4.57 Å². The van der Waals surface area contributed by atoms with Crippen LogP contribution >= 0.6 is 19.4 Å². The molecule has 0 bridgehead atoms. The molecule has 0 unspecified atom stereocenters. The summed E-state index contributed by atoms with van der Waals surface area (Å²) in [6, 6.07) is 6.94. The largest absolute Gasteiger partial charge is 0.466 e. The van der Waals surface area contributed by atoms with Crippen LogP contribution in [0.25, 0.3) is 0 Å². The Labute approximate surface area is 134 Å². The van der Waals surface area contributed by atoms with Crippen LogP contribution in [-0.4, -0.2) is 38.0 Å². The number of phosphoric acid groups is 1. The highest BCUT2D eigenvalue weighted by Crippen LogP contribution is 2.33. The maximum Gasteiger partial charge on any atom is 0.466 e. The van der Waals surface area contributed by atoms with E-state index in [0.29, 0.717) is 17.2 Å². The Hall–Kier alpha value is -0.500. The van der Waals surface area contributed by atoms with E-state index in [9.17, 15) is 5.11 Å². The summed E-state index contributed by atoms with van der Waals surface area (Å²) in [6.07, 6.45) is 0. The van der Waals surface area contributed by atoms with Crippen molar-refractivity contribution in [3.05, 3.63) is 34.9 Å². The fraction of sp³-hybridized carbons (Fsp3) is 0.538. The number of hydrogen-bond donors (Lipinski definition) is 5. The van der Waals surface area contributed by atoms with Crippen LogP contribution in [0.5, 0.6) is 0 Å². The van der Waals surface area contributed by atoms with Crippen molar-refractivity contribution in [1.82, 2.24) is 5.32 Å². The molecular formula is C13H21ClNO6P. The number of benzene rings is 1. The van der Waals surface area contributed by atoms with Crippen LogP contribution in [0, 0.1) is 0 Å². The Morgan fingerprint density at radius 1 is 1.36 bits per heavy atom. The molecule has 7 nitrogen and oxygen atoms in total. The molecule has 9 heteroatoms. The molecule has 1 saturated heterocycles. The lowest BCUT2D eigenvalue weighted by molar-refractivity contribution is -0.263. The van der Waals surface area contributed by atoms with Crippen LogP contribution in [0.3, 0.4) is 0 Å². The molecule has 5 N–H and O–H groups in total. The van der Waals surface area contributed by atoms with Gasteiger partial charge in [0.2, 0.25) is 5.79 Å². The zero-order valence-corrected chi connectivity index (χ0v) is 14.2. The van der Waals surface area contributed by atoms with Gasteiger partial charge in [-0.05, 0) is 32.9 Å². The number of morpholine rings is 1. The Morgan fingerprint density at radius 3 is 2.36 bits per heavy atom. The molecule has 22 heavy (non-hydrogen) atoms. The molecular weight excluding hydrogens is 333 g/mol. The van der Waals surface area contributed by atoms with Gasteiger partial charge in [0.1, 0.15) is 0 Å². The highest BCUT2D eigenvalue weighted by Gasteiger charge is 2.44. The first-order valence-corrected chi connectivity index (χ1v) is 8.46. The van der Waals surface area contributed by atoms with Gasteiger partial charge in [-0.2, -0.15) is 0 Å². The average Bonchev–Trinajstić information content (AvgIpc) is 2.32.